The Balaban J connectivity index is 1.26. The predicted molar refractivity (Wildman–Crippen MR) is 116 cm³/mol. The summed E-state index contributed by atoms with van der Waals surface area (Å²) in [6, 6.07) is 18.2. The van der Waals surface area contributed by atoms with Crippen LogP contribution in [0, 0.1) is 5.92 Å². The number of hydrogen-bond donors (Lipinski definition) is 0. The molecule has 2 saturated carbocycles. The molecule has 2 atom stereocenters. The molecule has 0 N–H and O–H groups in total. The van der Waals surface area contributed by atoms with Crippen molar-refractivity contribution < 1.29 is 4.74 Å². The van der Waals surface area contributed by atoms with Crippen molar-refractivity contribution >= 4 is 15.9 Å². The maximum atomic E-state index is 6.14. The fourth-order valence-corrected chi connectivity index (χ4v) is 5.35. The van der Waals surface area contributed by atoms with Crippen LogP contribution in [-0.4, -0.2) is 6.61 Å². The van der Waals surface area contributed by atoms with Crippen LogP contribution in [0.15, 0.2) is 48.5 Å². The summed E-state index contributed by atoms with van der Waals surface area (Å²) in [6.45, 7) is 1.67. The number of hydrogen-bond acceptors (Lipinski definition) is 1. The van der Waals surface area contributed by atoms with Crippen molar-refractivity contribution in [1.82, 2.24) is 0 Å². The molecule has 144 valence electrons. The van der Waals surface area contributed by atoms with E-state index in [9.17, 15) is 0 Å². The van der Waals surface area contributed by atoms with E-state index in [1.54, 1.807) is 0 Å². The molecule has 2 aromatic carbocycles. The molecule has 0 bridgehead atoms. The van der Waals surface area contributed by atoms with Gasteiger partial charge in [0.2, 0.25) is 0 Å². The average molecular weight is 427 g/mol. The summed E-state index contributed by atoms with van der Waals surface area (Å²) in [4.78, 5) is 0. The van der Waals surface area contributed by atoms with Gasteiger partial charge in [-0.2, -0.15) is 0 Å². The average Bonchev–Trinajstić information content (AvgIpc) is 3.41. The van der Waals surface area contributed by atoms with Crippen molar-refractivity contribution in [3.8, 4) is 0 Å². The Hall–Kier alpha value is -1.12. The Morgan fingerprint density at radius 1 is 0.815 bits per heavy atom. The van der Waals surface area contributed by atoms with E-state index in [2.05, 4.69) is 64.5 Å². The lowest BCUT2D eigenvalue weighted by Gasteiger charge is -2.14. The minimum absolute atomic E-state index is 0.709. The van der Waals surface area contributed by atoms with Crippen LogP contribution < -0.4 is 0 Å². The highest BCUT2D eigenvalue weighted by Crippen LogP contribution is 2.39. The van der Waals surface area contributed by atoms with E-state index >= 15 is 0 Å². The van der Waals surface area contributed by atoms with Crippen molar-refractivity contribution in [2.45, 2.75) is 68.7 Å². The van der Waals surface area contributed by atoms with Gasteiger partial charge in [0, 0.05) is 11.9 Å². The molecule has 2 unspecified atom stereocenters. The first-order valence-corrected chi connectivity index (χ1v) is 11.8. The number of halogens is 1. The van der Waals surface area contributed by atoms with Gasteiger partial charge in [0.25, 0.3) is 0 Å². The molecule has 0 radical (unpaired) electrons. The summed E-state index contributed by atoms with van der Waals surface area (Å²) in [7, 11) is 0. The maximum Gasteiger partial charge on any atom is 0.0717 e. The molecule has 4 rings (SSSR count). The minimum atomic E-state index is 0.709. The smallest absolute Gasteiger partial charge is 0.0717 e. The van der Waals surface area contributed by atoms with E-state index in [4.69, 9.17) is 4.74 Å². The van der Waals surface area contributed by atoms with Gasteiger partial charge in [-0.05, 0) is 72.1 Å². The normalized spacial score (nSPS) is 23.1. The zero-order valence-electron chi connectivity index (χ0n) is 16.2. The summed E-state index contributed by atoms with van der Waals surface area (Å²) in [5.41, 5.74) is 5.77. The molecule has 0 spiro atoms. The lowest BCUT2D eigenvalue weighted by atomic mass is 9.95. The zero-order valence-corrected chi connectivity index (χ0v) is 17.8. The minimum Gasteiger partial charge on any atom is -0.376 e. The molecule has 27 heavy (non-hydrogen) atoms. The largest absolute Gasteiger partial charge is 0.376 e. The summed E-state index contributed by atoms with van der Waals surface area (Å²) < 4.78 is 6.14. The van der Waals surface area contributed by atoms with Gasteiger partial charge in [-0.3, -0.25) is 0 Å². The Kier molecular flexibility index (Phi) is 6.68. The SMILES string of the molecule is BrCc1cccc(C2CCC(COCc3cccc(C4CCCC4)c3)C2)c1. The van der Waals surface area contributed by atoms with Gasteiger partial charge in [-0.1, -0.05) is 77.3 Å². The Morgan fingerprint density at radius 2 is 1.52 bits per heavy atom. The zero-order chi connectivity index (χ0) is 18.5. The molecular formula is C25H31BrO. The van der Waals surface area contributed by atoms with Crippen LogP contribution in [0.25, 0.3) is 0 Å². The van der Waals surface area contributed by atoms with E-state index in [0.29, 0.717) is 11.8 Å². The highest BCUT2D eigenvalue weighted by molar-refractivity contribution is 9.08. The Morgan fingerprint density at radius 3 is 2.30 bits per heavy atom. The second-order valence-electron chi connectivity index (χ2n) is 8.50. The number of benzene rings is 2. The standard InChI is InChI=1S/C25H31BrO/c26-16-19-5-3-10-24(13-19)25-12-11-21(15-25)18-27-17-20-6-4-9-23(14-20)22-7-1-2-8-22/h3-6,9-10,13-14,21-22,25H,1-2,7-8,11-12,15-18H2. The number of rotatable bonds is 7. The lowest BCUT2D eigenvalue weighted by molar-refractivity contribution is 0.0884. The van der Waals surface area contributed by atoms with Crippen LogP contribution in [0.1, 0.15) is 79.0 Å². The predicted octanol–water partition coefficient (Wildman–Crippen LogP) is 7.34. The second kappa shape index (κ2) is 9.39. The van der Waals surface area contributed by atoms with Gasteiger partial charge in [0.15, 0.2) is 0 Å². The van der Waals surface area contributed by atoms with Crippen LogP contribution >= 0.6 is 15.9 Å². The molecule has 2 fully saturated rings. The molecule has 2 heteroatoms. The third kappa shape index (κ3) is 5.03. The molecule has 2 aromatic rings. The van der Waals surface area contributed by atoms with Crippen molar-refractivity contribution in [3.63, 3.8) is 0 Å². The topological polar surface area (TPSA) is 9.23 Å². The first-order valence-electron chi connectivity index (χ1n) is 10.6. The van der Waals surface area contributed by atoms with Gasteiger partial charge < -0.3 is 4.74 Å². The fourth-order valence-electron chi connectivity index (χ4n) is 5.00. The monoisotopic (exact) mass is 426 g/mol. The van der Waals surface area contributed by atoms with E-state index in [1.165, 1.54) is 67.2 Å². The first kappa shape index (κ1) is 19.2. The Bertz CT molecular complexity index is 735. The molecule has 0 amide bonds. The third-order valence-corrected chi connectivity index (χ3v) is 7.17. The first-order chi connectivity index (χ1) is 13.3. The molecule has 1 nitrogen and oxygen atoms in total. The summed E-state index contributed by atoms with van der Waals surface area (Å²) in [5.74, 6) is 2.21. The van der Waals surface area contributed by atoms with Crippen LogP contribution in [0.5, 0.6) is 0 Å². The molecule has 0 aliphatic heterocycles. The van der Waals surface area contributed by atoms with E-state index < -0.39 is 0 Å². The molecule has 0 saturated heterocycles. The van der Waals surface area contributed by atoms with Crippen molar-refractivity contribution in [3.05, 3.63) is 70.8 Å². The summed E-state index contributed by atoms with van der Waals surface area (Å²) in [6.07, 6.45) is 9.39. The summed E-state index contributed by atoms with van der Waals surface area (Å²) >= 11 is 3.57. The molecule has 2 aliphatic rings. The number of alkyl halides is 1. The maximum absolute atomic E-state index is 6.14. The van der Waals surface area contributed by atoms with Gasteiger partial charge in [-0.15, -0.1) is 0 Å². The summed E-state index contributed by atoms with van der Waals surface area (Å²) in [5, 5.41) is 0.944. The van der Waals surface area contributed by atoms with Crippen molar-refractivity contribution in [1.29, 1.82) is 0 Å². The number of ether oxygens (including phenoxy) is 1. The van der Waals surface area contributed by atoms with Crippen LogP contribution in [0.4, 0.5) is 0 Å². The third-order valence-electron chi connectivity index (χ3n) is 6.52. The van der Waals surface area contributed by atoms with Gasteiger partial charge in [0.1, 0.15) is 0 Å². The molecular weight excluding hydrogens is 396 g/mol. The van der Waals surface area contributed by atoms with E-state index in [0.717, 1.165) is 24.5 Å². The van der Waals surface area contributed by atoms with Crippen LogP contribution in [0.2, 0.25) is 0 Å². The van der Waals surface area contributed by atoms with Crippen LogP contribution in [-0.2, 0) is 16.7 Å². The molecule has 0 aromatic heterocycles. The highest BCUT2D eigenvalue weighted by Gasteiger charge is 2.26. The lowest BCUT2D eigenvalue weighted by Crippen LogP contribution is -2.07. The van der Waals surface area contributed by atoms with Crippen LogP contribution in [0.3, 0.4) is 0 Å². The van der Waals surface area contributed by atoms with Gasteiger partial charge in [-0.25, -0.2) is 0 Å². The fraction of sp³-hybridized carbons (Fsp3) is 0.520. The van der Waals surface area contributed by atoms with Crippen molar-refractivity contribution in [2.75, 3.05) is 6.61 Å². The molecule has 2 aliphatic carbocycles. The molecule has 0 heterocycles. The quantitative estimate of drug-likeness (QED) is 0.420. The Labute approximate surface area is 172 Å². The second-order valence-corrected chi connectivity index (χ2v) is 9.06. The van der Waals surface area contributed by atoms with Gasteiger partial charge in [0.05, 0.1) is 6.61 Å². The van der Waals surface area contributed by atoms with E-state index in [-0.39, 0.29) is 0 Å². The highest BCUT2D eigenvalue weighted by atomic mass is 79.9. The van der Waals surface area contributed by atoms with Gasteiger partial charge >= 0.3 is 0 Å². The van der Waals surface area contributed by atoms with Crippen molar-refractivity contribution in [2.24, 2.45) is 5.92 Å². The van der Waals surface area contributed by atoms with E-state index in [1.807, 2.05) is 0 Å².